The van der Waals surface area contributed by atoms with Gasteiger partial charge in [-0.2, -0.15) is 0 Å². The SMILES string of the molecule is Cn1ccc(=O)n(Cc2occc2C(=O)NN)c1=O. The lowest BCUT2D eigenvalue weighted by molar-refractivity contribution is 0.0951. The summed E-state index contributed by atoms with van der Waals surface area (Å²) in [5.74, 6) is 4.67. The molecule has 2 aromatic rings. The summed E-state index contributed by atoms with van der Waals surface area (Å²) in [5.41, 5.74) is 1.17. The van der Waals surface area contributed by atoms with E-state index in [-0.39, 0.29) is 17.9 Å². The minimum Gasteiger partial charge on any atom is -0.467 e. The third-order valence-corrected chi connectivity index (χ3v) is 2.66. The van der Waals surface area contributed by atoms with E-state index in [4.69, 9.17) is 10.3 Å². The molecule has 2 aromatic heterocycles. The van der Waals surface area contributed by atoms with Gasteiger partial charge in [-0.3, -0.25) is 19.6 Å². The van der Waals surface area contributed by atoms with Crippen LogP contribution in [0, 0.1) is 0 Å². The first kappa shape index (κ1) is 12.8. The summed E-state index contributed by atoms with van der Waals surface area (Å²) >= 11 is 0. The zero-order valence-electron chi connectivity index (χ0n) is 10.1. The molecule has 3 N–H and O–H groups in total. The normalized spacial score (nSPS) is 10.4. The van der Waals surface area contributed by atoms with E-state index < -0.39 is 17.2 Å². The zero-order valence-corrected chi connectivity index (χ0v) is 10.1. The predicted molar refractivity (Wildman–Crippen MR) is 65.4 cm³/mol. The molecule has 8 nitrogen and oxygen atoms in total. The van der Waals surface area contributed by atoms with Gasteiger partial charge in [0.05, 0.1) is 18.4 Å². The largest absolute Gasteiger partial charge is 0.467 e. The molecule has 2 heterocycles. The highest BCUT2D eigenvalue weighted by atomic mass is 16.3. The Bertz CT molecular complexity index is 725. The summed E-state index contributed by atoms with van der Waals surface area (Å²) in [6.07, 6.45) is 2.66. The zero-order chi connectivity index (χ0) is 14.0. The molecule has 100 valence electrons. The molecule has 0 fully saturated rings. The molecule has 19 heavy (non-hydrogen) atoms. The molecule has 0 saturated heterocycles. The average Bonchev–Trinajstić information content (AvgIpc) is 2.86. The first-order valence-electron chi connectivity index (χ1n) is 5.38. The average molecular weight is 264 g/mol. The number of aryl methyl sites for hydroxylation is 1. The number of nitrogen functional groups attached to an aromatic ring is 1. The first-order valence-corrected chi connectivity index (χ1v) is 5.38. The molecule has 0 aliphatic rings. The van der Waals surface area contributed by atoms with E-state index in [2.05, 4.69) is 0 Å². The number of hydrogen-bond acceptors (Lipinski definition) is 5. The van der Waals surface area contributed by atoms with Gasteiger partial charge in [-0.15, -0.1) is 0 Å². The summed E-state index contributed by atoms with van der Waals surface area (Å²) in [6, 6.07) is 2.67. The number of rotatable bonds is 3. The van der Waals surface area contributed by atoms with Crippen LogP contribution in [0.15, 0.2) is 38.6 Å². The van der Waals surface area contributed by atoms with Crippen molar-refractivity contribution in [3.05, 3.63) is 56.8 Å². The molecule has 8 heteroatoms. The molecular weight excluding hydrogens is 252 g/mol. The van der Waals surface area contributed by atoms with Crippen LogP contribution in [0.1, 0.15) is 16.1 Å². The predicted octanol–water partition coefficient (Wildman–Crippen LogP) is -1.21. The van der Waals surface area contributed by atoms with Gasteiger partial charge in [-0.1, -0.05) is 0 Å². The molecule has 0 aliphatic heterocycles. The van der Waals surface area contributed by atoms with E-state index in [0.29, 0.717) is 0 Å². The van der Waals surface area contributed by atoms with Crippen molar-refractivity contribution in [2.45, 2.75) is 6.54 Å². The highest BCUT2D eigenvalue weighted by Crippen LogP contribution is 2.10. The third-order valence-electron chi connectivity index (χ3n) is 2.66. The molecule has 1 amide bonds. The van der Waals surface area contributed by atoms with Gasteiger partial charge in [0.15, 0.2) is 0 Å². The minimum absolute atomic E-state index is 0.137. The molecular formula is C11H12N4O4. The van der Waals surface area contributed by atoms with Crippen LogP contribution >= 0.6 is 0 Å². The maximum absolute atomic E-state index is 11.8. The number of aromatic nitrogens is 2. The van der Waals surface area contributed by atoms with Crippen molar-refractivity contribution < 1.29 is 9.21 Å². The van der Waals surface area contributed by atoms with Crippen molar-refractivity contribution in [1.82, 2.24) is 14.6 Å². The molecule has 0 saturated carbocycles. The van der Waals surface area contributed by atoms with E-state index in [1.54, 1.807) is 0 Å². The van der Waals surface area contributed by atoms with Crippen LogP contribution in [0.3, 0.4) is 0 Å². The highest BCUT2D eigenvalue weighted by molar-refractivity contribution is 5.94. The van der Waals surface area contributed by atoms with Crippen LogP contribution in [-0.2, 0) is 13.6 Å². The fraction of sp³-hybridized carbons (Fsp3) is 0.182. The second-order valence-corrected chi connectivity index (χ2v) is 3.86. The van der Waals surface area contributed by atoms with Crippen LogP contribution in [0.5, 0.6) is 0 Å². The molecule has 0 bridgehead atoms. The number of carbonyl (C=O) groups excluding carboxylic acids is 1. The summed E-state index contributed by atoms with van der Waals surface area (Å²) in [4.78, 5) is 34.9. The fourth-order valence-electron chi connectivity index (χ4n) is 1.65. The lowest BCUT2D eigenvalue weighted by atomic mass is 10.2. The second-order valence-electron chi connectivity index (χ2n) is 3.86. The van der Waals surface area contributed by atoms with Gasteiger partial charge in [0.1, 0.15) is 5.76 Å². The summed E-state index contributed by atoms with van der Waals surface area (Å²) < 4.78 is 7.34. The van der Waals surface area contributed by atoms with Crippen molar-refractivity contribution >= 4 is 5.91 Å². The van der Waals surface area contributed by atoms with Crippen molar-refractivity contribution in [3.63, 3.8) is 0 Å². The van der Waals surface area contributed by atoms with Gasteiger partial charge >= 0.3 is 5.69 Å². The Morgan fingerprint density at radius 1 is 1.42 bits per heavy atom. The van der Waals surface area contributed by atoms with E-state index in [0.717, 1.165) is 4.57 Å². The number of nitrogens with zero attached hydrogens (tertiary/aromatic N) is 2. The van der Waals surface area contributed by atoms with Gasteiger partial charge < -0.3 is 8.98 Å². The Morgan fingerprint density at radius 3 is 2.84 bits per heavy atom. The lowest BCUT2D eigenvalue weighted by Gasteiger charge is -2.06. The van der Waals surface area contributed by atoms with Crippen LogP contribution in [0.2, 0.25) is 0 Å². The van der Waals surface area contributed by atoms with Crippen LogP contribution < -0.4 is 22.5 Å². The monoisotopic (exact) mass is 264 g/mol. The lowest BCUT2D eigenvalue weighted by Crippen LogP contribution is -2.38. The van der Waals surface area contributed by atoms with E-state index in [1.807, 2.05) is 5.43 Å². The number of furan rings is 1. The van der Waals surface area contributed by atoms with Gasteiger partial charge in [0.2, 0.25) is 0 Å². The molecule has 2 rings (SSSR count). The summed E-state index contributed by atoms with van der Waals surface area (Å²) in [7, 11) is 1.52. The smallest absolute Gasteiger partial charge is 0.331 e. The van der Waals surface area contributed by atoms with E-state index in [1.165, 1.54) is 36.2 Å². The topological polar surface area (TPSA) is 112 Å². The molecule has 0 aliphatic carbocycles. The molecule has 0 unspecified atom stereocenters. The maximum Gasteiger partial charge on any atom is 0.331 e. The Balaban J connectivity index is 2.46. The molecule has 0 aromatic carbocycles. The number of amides is 1. The fourth-order valence-corrected chi connectivity index (χ4v) is 1.65. The minimum atomic E-state index is -0.551. The second kappa shape index (κ2) is 4.94. The van der Waals surface area contributed by atoms with Crippen LogP contribution in [-0.4, -0.2) is 15.0 Å². The number of hydrazine groups is 1. The van der Waals surface area contributed by atoms with Crippen LogP contribution in [0.4, 0.5) is 0 Å². The van der Waals surface area contributed by atoms with Crippen molar-refractivity contribution in [3.8, 4) is 0 Å². The number of nitrogens with one attached hydrogen (secondary N) is 1. The number of carbonyl (C=O) groups is 1. The third kappa shape index (κ3) is 2.33. The van der Waals surface area contributed by atoms with Gasteiger partial charge in [-0.05, 0) is 6.07 Å². The number of hydrogen-bond donors (Lipinski definition) is 2. The van der Waals surface area contributed by atoms with Gasteiger partial charge in [-0.25, -0.2) is 10.6 Å². The van der Waals surface area contributed by atoms with Crippen molar-refractivity contribution in [2.75, 3.05) is 0 Å². The maximum atomic E-state index is 11.8. The van der Waals surface area contributed by atoms with E-state index in [9.17, 15) is 14.4 Å². The Kier molecular flexibility index (Phi) is 3.34. The standard InChI is InChI=1S/C11H12N4O4/c1-14-4-2-9(16)15(11(14)18)6-8-7(3-5-19-8)10(17)13-12/h2-5H,6,12H2,1H3,(H,13,17). The molecule has 0 atom stereocenters. The molecule has 0 radical (unpaired) electrons. The van der Waals surface area contributed by atoms with Gasteiger partial charge in [0.25, 0.3) is 11.5 Å². The quantitative estimate of drug-likeness (QED) is 0.410. The van der Waals surface area contributed by atoms with Crippen LogP contribution in [0.25, 0.3) is 0 Å². The Morgan fingerprint density at radius 2 is 2.16 bits per heavy atom. The Labute approximate surface area is 107 Å². The molecule has 0 spiro atoms. The summed E-state index contributed by atoms with van der Waals surface area (Å²) in [6.45, 7) is -0.137. The Hall–Kier alpha value is -2.61. The number of nitrogens with two attached hydrogens (primary N) is 1. The highest BCUT2D eigenvalue weighted by Gasteiger charge is 2.15. The summed E-state index contributed by atoms with van der Waals surface area (Å²) in [5, 5.41) is 0. The van der Waals surface area contributed by atoms with Gasteiger partial charge in [0, 0.05) is 19.3 Å². The van der Waals surface area contributed by atoms with Crippen molar-refractivity contribution in [1.29, 1.82) is 0 Å². The van der Waals surface area contributed by atoms with Crippen molar-refractivity contribution in [2.24, 2.45) is 12.9 Å². The first-order chi connectivity index (χ1) is 9.04. The van der Waals surface area contributed by atoms with E-state index >= 15 is 0 Å².